The second-order valence-corrected chi connectivity index (χ2v) is 8.81. The zero-order valence-corrected chi connectivity index (χ0v) is 16.7. The minimum atomic E-state index is 0.698. The van der Waals surface area contributed by atoms with Gasteiger partial charge in [0.15, 0.2) is 5.16 Å². The molecule has 0 atom stereocenters. The van der Waals surface area contributed by atoms with Gasteiger partial charge in [0.2, 0.25) is 0 Å². The monoisotopic (exact) mass is 412 g/mol. The van der Waals surface area contributed by atoms with Crippen molar-refractivity contribution in [2.75, 3.05) is 0 Å². The average molecular weight is 413 g/mol. The summed E-state index contributed by atoms with van der Waals surface area (Å²) in [6.07, 6.45) is 7.32. The summed E-state index contributed by atoms with van der Waals surface area (Å²) in [5, 5.41) is 1.80. The molecule has 0 saturated heterocycles. The van der Waals surface area contributed by atoms with Crippen LogP contribution in [0.4, 0.5) is 0 Å². The van der Waals surface area contributed by atoms with E-state index in [-0.39, 0.29) is 0 Å². The maximum absolute atomic E-state index is 4.79. The first-order chi connectivity index (χ1) is 12.2. The molecule has 0 bridgehead atoms. The third-order valence-electron chi connectivity index (χ3n) is 4.74. The maximum atomic E-state index is 4.79. The molecule has 0 aliphatic heterocycles. The van der Waals surface area contributed by atoms with Gasteiger partial charge in [-0.25, -0.2) is 4.98 Å². The minimum Gasteiger partial charge on any atom is -0.287 e. The number of hydrogen-bond acceptors (Lipinski definition) is 2. The van der Waals surface area contributed by atoms with Gasteiger partial charge in [-0.3, -0.25) is 4.57 Å². The summed E-state index contributed by atoms with van der Waals surface area (Å²) in [5.74, 6) is 0. The van der Waals surface area contributed by atoms with Gasteiger partial charge in [-0.2, -0.15) is 0 Å². The van der Waals surface area contributed by atoms with Gasteiger partial charge in [0.25, 0.3) is 0 Å². The Morgan fingerprint density at radius 2 is 1.68 bits per heavy atom. The normalized spacial score (nSPS) is 15.0. The van der Waals surface area contributed by atoms with Crippen molar-refractivity contribution in [2.45, 2.75) is 43.0 Å². The Bertz CT molecular complexity index is 847. The highest BCUT2D eigenvalue weighted by Crippen LogP contribution is 2.37. The number of imidazole rings is 1. The fourth-order valence-corrected chi connectivity index (χ4v) is 4.90. The molecule has 1 aliphatic rings. The largest absolute Gasteiger partial charge is 0.287 e. The fraction of sp³-hybridized carbons (Fsp3) is 0.286. The molecule has 0 amide bonds. The molecule has 1 aromatic heterocycles. The molecular weight excluding hydrogens is 392 g/mol. The maximum Gasteiger partial charge on any atom is 0.173 e. The Hall–Kier alpha value is -1.52. The van der Waals surface area contributed by atoms with Crippen LogP contribution >= 0.6 is 27.7 Å². The molecule has 128 valence electrons. The lowest BCUT2D eigenvalue weighted by Gasteiger charge is -2.14. The standard InChI is InChI=1S/C21H21BrN2S/c1-15-6-12-18(13-7-15)24-20(16-8-10-17(22)11-9-16)14-23-21(24)25-19-4-2-3-5-19/h6-14,19H,2-5H2,1H3. The molecule has 25 heavy (non-hydrogen) atoms. The van der Waals surface area contributed by atoms with Gasteiger partial charge in [0.1, 0.15) is 0 Å². The first-order valence-electron chi connectivity index (χ1n) is 8.78. The van der Waals surface area contributed by atoms with Crippen LogP contribution < -0.4 is 0 Å². The van der Waals surface area contributed by atoms with Crippen LogP contribution in [-0.4, -0.2) is 14.8 Å². The van der Waals surface area contributed by atoms with Crippen LogP contribution in [0.1, 0.15) is 31.2 Å². The van der Waals surface area contributed by atoms with Crippen LogP contribution in [0.3, 0.4) is 0 Å². The van der Waals surface area contributed by atoms with Gasteiger partial charge in [0.05, 0.1) is 11.9 Å². The number of rotatable bonds is 4. The lowest BCUT2D eigenvalue weighted by molar-refractivity contribution is 0.861. The molecule has 2 nitrogen and oxygen atoms in total. The number of aryl methyl sites for hydroxylation is 1. The van der Waals surface area contributed by atoms with E-state index in [1.807, 2.05) is 18.0 Å². The SMILES string of the molecule is Cc1ccc(-n2c(-c3ccc(Br)cc3)cnc2SC2CCCC2)cc1. The number of aromatic nitrogens is 2. The van der Waals surface area contributed by atoms with E-state index < -0.39 is 0 Å². The molecule has 0 N–H and O–H groups in total. The van der Waals surface area contributed by atoms with E-state index in [0.717, 1.165) is 15.3 Å². The highest BCUT2D eigenvalue weighted by molar-refractivity contribution is 9.10. The second-order valence-electron chi connectivity index (χ2n) is 6.63. The van der Waals surface area contributed by atoms with E-state index in [9.17, 15) is 0 Å². The van der Waals surface area contributed by atoms with Crippen molar-refractivity contribution < 1.29 is 0 Å². The topological polar surface area (TPSA) is 17.8 Å². The molecule has 3 aromatic rings. The summed E-state index contributed by atoms with van der Waals surface area (Å²) in [6, 6.07) is 17.2. The second kappa shape index (κ2) is 7.38. The van der Waals surface area contributed by atoms with Gasteiger partial charge in [-0.05, 0) is 44.0 Å². The van der Waals surface area contributed by atoms with Crippen molar-refractivity contribution in [1.82, 2.24) is 9.55 Å². The van der Waals surface area contributed by atoms with E-state index in [4.69, 9.17) is 4.98 Å². The Kier molecular flexibility index (Phi) is 5.00. The van der Waals surface area contributed by atoms with Crippen molar-refractivity contribution in [3.63, 3.8) is 0 Å². The third kappa shape index (κ3) is 3.70. The van der Waals surface area contributed by atoms with Gasteiger partial charge in [-0.15, -0.1) is 0 Å². The van der Waals surface area contributed by atoms with E-state index >= 15 is 0 Å². The summed E-state index contributed by atoms with van der Waals surface area (Å²) in [6.45, 7) is 2.13. The van der Waals surface area contributed by atoms with Gasteiger partial charge in [0, 0.05) is 21.0 Å². The quantitative estimate of drug-likeness (QED) is 0.477. The van der Waals surface area contributed by atoms with Crippen LogP contribution in [0.2, 0.25) is 0 Å². The lowest BCUT2D eigenvalue weighted by Crippen LogP contribution is -2.02. The Morgan fingerprint density at radius 3 is 2.36 bits per heavy atom. The van der Waals surface area contributed by atoms with E-state index in [1.165, 1.54) is 42.5 Å². The van der Waals surface area contributed by atoms with Crippen LogP contribution in [0, 0.1) is 6.92 Å². The number of hydrogen-bond donors (Lipinski definition) is 0. The van der Waals surface area contributed by atoms with Gasteiger partial charge in [-0.1, -0.05) is 70.4 Å². The summed E-state index contributed by atoms with van der Waals surface area (Å²) in [5.41, 5.74) is 4.80. The molecule has 1 aliphatic carbocycles. The summed E-state index contributed by atoms with van der Waals surface area (Å²) < 4.78 is 3.41. The van der Waals surface area contributed by atoms with Gasteiger partial charge < -0.3 is 0 Å². The van der Waals surface area contributed by atoms with E-state index in [2.05, 4.69) is 76.0 Å². The minimum absolute atomic E-state index is 0.698. The van der Waals surface area contributed by atoms with Crippen molar-refractivity contribution >= 4 is 27.7 Å². The van der Waals surface area contributed by atoms with Crippen molar-refractivity contribution in [1.29, 1.82) is 0 Å². The summed E-state index contributed by atoms with van der Waals surface area (Å²) in [4.78, 5) is 4.79. The molecular formula is C21H21BrN2S. The smallest absolute Gasteiger partial charge is 0.173 e. The molecule has 4 rings (SSSR count). The molecule has 4 heteroatoms. The average Bonchev–Trinajstić information content (AvgIpc) is 3.27. The molecule has 2 aromatic carbocycles. The van der Waals surface area contributed by atoms with Crippen LogP contribution in [0.5, 0.6) is 0 Å². The number of benzene rings is 2. The number of halogens is 1. The molecule has 0 radical (unpaired) electrons. The predicted molar refractivity (Wildman–Crippen MR) is 110 cm³/mol. The van der Waals surface area contributed by atoms with Crippen molar-refractivity contribution in [3.05, 3.63) is 64.8 Å². The lowest BCUT2D eigenvalue weighted by atomic mass is 10.1. The molecule has 0 spiro atoms. The zero-order chi connectivity index (χ0) is 17.2. The van der Waals surface area contributed by atoms with E-state index in [0.29, 0.717) is 5.25 Å². The molecule has 0 unspecified atom stereocenters. The predicted octanol–water partition coefficient (Wildman–Crippen LogP) is 6.64. The van der Waals surface area contributed by atoms with Gasteiger partial charge >= 0.3 is 0 Å². The van der Waals surface area contributed by atoms with Crippen molar-refractivity contribution in [3.8, 4) is 16.9 Å². The van der Waals surface area contributed by atoms with Crippen molar-refractivity contribution in [2.24, 2.45) is 0 Å². The van der Waals surface area contributed by atoms with Crippen LogP contribution in [-0.2, 0) is 0 Å². The molecule has 1 saturated carbocycles. The molecule has 1 fully saturated rings. The third-order valence-corrected chi connectivity index (χ3v) is 6.57. The molecule has 1 heterocycles. The summed E-state index contributed by atoms with van der Waals surface area (Å²) in [7, 11) is 0. The first-order valence-corrected chi connectivity index (χ1v) is 10.5. The van der Waals surface area contributed by atoms with E-state index in [1.54, 1.807) is 0 Å². The zero-order valence-electron chi connectivity index (χ0n) is 14.3. The Morgan fingerprint density at radius 1 is 1.00 bits per heavy atom. The highest BCUT2D eigenvalue weighted by Gasteiger charge is 2.21. The van der Waals surface area contributed by atoms with Crippen LogP contribution in [0.25, 0.3) is 16.9 Å². The Labute approximate surface area is 161 Å². The Balaban J connectivity index is 1.79. The van der Waals surface area contributed by atoms with Crippen LogP contribution in [0.15, 0.2) is 64.4 Å². The highest BCUT2D eigenvalue weighted by atomic mass is 79.9. The number of thioether (sulfide) groups is 1. The summed E-state index contributed by atoms with van der Waals surface area (Å²) >= 11 is 5.46. The first kappa shape index (κ1) is 16.9. The fourth-order valence-electron chi connectivity index (χ4n) is 3.34. The number of nitrogens with zero attached hydrogens (tertiary/aromatic N) is 2.